The number of nitrogens with one attached hydrogen (secondary N) is 1. The molecule has 1 aliphatic heterocycles. The molecule has 7 nitrogen and oxygen atoms in total. The number of carbonyl (C=O) groups excluding carboxylic acids is 1. The molecule has 1 saturated heterocycles. The summed E-state index contributed by atoms with van der Waals surface area (Å²) in [5.74, 6) is 1.14. The fourth-order valence-electron chi connectivity index (χ4n) is 5.31. The van der Waals surface area contributed by atoms with Crippen LogP contribution in [0.2, 0.25) is 0 Å². The van der Waals surface area contributed by atoms with Crippen LogP contribution in [0.25, 0.3) is 0 Å². The molecule has 0 amide bonds. The molecular formula is C25H30N2O5S. The van der Waals surface area contributed by atoms with Crippen molar-refractivity contribution < 1.29 is 22.7 Å². The maximum atomic E-state index is 13.2. The summed E-state index contributed by atoms with van der Waals surface area (Å²) in [4.78, 5) is 15.3. The van der Waals surface area contributed by atoms with Gasteiger partial charge in [0.25, 0.3) is 10.0 Å². The van der Waals surface area contributed by atoms with Crippen molar-refractivity contribution in [2.75, 3.05) is 32.0 Å². The molecule has 1 spiro atoms. The van der Waals surface area contributed by atoms with E-state index < -0.39 is 15.4 Å². The molecule has 8 heteroatoms. The number of likely N-dealkylation sites (tertiary alicyclic amines) is 1. The van der Waals surface area contributed by atoms with Crippen LogP contribution in [0.3, 0.4) is 0 Å². The molecule has 5 rings (SSSR count). The zero-order chi connectivity index (χ0) is 23.2. The Morgan fingerprint density at radius 3 is 2.48 bits per heavy atom. The Kier molecular flexibility index (Phi) is 5.61. The highest BCUT2D eigenvalue weighted by Crippen LogP contribution is 2.53. The second-order valence-electron chi connectivity index (χ2n) is 9.41. The first kappa shape index (κ1) is 22.2. The van der Waals surface area contributed by atoms with Crippen molar-refractivity contribution in [3.05, 3.63) is 47.5 Å². The van der Waals surface area contributed by atoms with Gasteiger partial charge in [-0.25, -0.2) is 8.42 Å². The Morgan fingerprint density at radius 2 is 1.82 bits per heavy atom. The molecule has 1 N–H and O–H groups in total. The zero-order valence-corrected chi connectivity index (χ0v) is 19.9. The first-order valence-electron chi connectivity index (χ1n) is 11.5. The van der Waals surface area contributed by atoms with Crippen LogP contribution >= 0.6 is 0 Å². The number of Topliss-reactive ketones (excluding diaryl/α,β-unsaturated/α-hetero) is 1. The van der Waals surface area contributed by atoms with Gasteiger partial charge in [-0.15, -0.1) is 0 Å². The quantitative estimate of drug-likeness (QED) is 0.696. The summed E-state index contributed by atoms with van der Waals surface area (Å²) in [6.45, 7) is 1.91. The van der Waals surface area contributed by atoms with Gasteiger partial charge in [0.05, 0.1) is 18.2 Å². The number of ether oxygens (including phenoxy) is 2. The number of fused-ring (bicyclic) bond motifs is 2. The van der Waals surface area contributed by atoms with Crippen molar-refractivity contribution in [1.29, 1.82) is 0 Å². The Morgan fingerprint density at radius 1 is 1.09 bits per heavy atom. The number of para-hydroxylation sites is 1. The minimum absolute atomic E-state index is 0.0550. The average molecular weight is 471 g/mol. The standard InChI is InChI=1S/C25H30N2O5S/c1-27-12-8-18(9-13-27)32-22-15-17(14-20-19(22)16-24(28)25(20)10-5-11-25)26-33(29,30)23-7-4-3-6-21(23)31-2/h3-4,6-7,14-15,18,26H,5,8-13,16H2,1-2H3. The number of carbonyl (C=O) groups is 1. The number of hydrogen-bond acceptors (Lipinski definition) is 6. The maximum absolute atomic E-state index is 13.2. The zero-order valence-electron chi connectivity index (χ0n) is 19.1. The maximum Gasteiger partial charge on any atom is 0.265 e. The van der Waals surface area contributed by atoms with Gasteiger partial charge < -0.3 is 14.4 Å². The van der Waals surface area contributed by atoms with Gasteiger partial charge in [0.1, 0.15) is 28.3 Å². The van der Waals surface area contributed by atoms with Crippen LogP contribution in [0.4, 0.5) is 5.69 Å². The highest BCUT2D eigenvalue weighted by atomic mass is 32.2. The number of ketones is 1. The summed E-state index contributed by atoms with van der Waals surface area (Å²) >= 11 is 0. The molecule has 0 atom stereocenters. The van der Waals surface area contributed by atoms with E-state index in [1.165, 1.54) is 13.2 Å². The van der Waals surface area contributed by atoms with E-state index in [1.54, 1.807) is 24.3 Å². The van der Waals surface area contributed by atoms with Crippen LogP contribution in [0.5, 0.6) is 11.5 Å². The van der Waals surface area contributed by atoms with Crippen molar-refractivity contribution >= 4 is 21.5 Å². The number of hydrogen-bond donors (Lipinski definition) is 1. The van der Waals surface area contributed by atoms with E-state index in [-0.39, 0.29) is 22.5 Å². The molecule has 3 aliphatic rings. The van der Waals surface area contributed by atoms with Gasteiger partial charge in [-0.1, -0.05) is 18.6 Å². The number of methoxy groups -OCH3 is 1. The molecule has 176 valence electrons. The molecule has 2 aliphatic carbocycles. The molecule has 2 fully saturated rings. The Bertz CT molecular complexity index is 1180. The first-order valence-corrected chi connectivity index (χ1v) is 13.0. The summed E-state index contributed by atoms with van der Waals surface area (Å²) < 4.78 is 40.8. The van der Waals surface area contributed by atoms with Crippen LogP contribution in [0.1, 0.15) is 43.2 Å². The fourth-order valence-corrected chi connectivity index (χ4v) is 6.52. The molecule has 1 saturated carbocycles. The summed E-state index contributed by atoms with van der Waals surface area (Å²) in [5.41, 5.74) is 1.80. The van der Waals surface area contributed by atoms with Crippen molar-refractivity contribution in [3.8, 4) is 11.5 Å². The molecule has 33 heavy (non-hydrogen) atoms. The van der Waals surface area contributed by atoms with E-state index in [0.29, 0.717) is 17.9 Å². The predicted octanol–water partition coefficient (Wildman–Crippen LogP) is 3.52. The Labute approximate surface area is 195 Å². The number of nitrogens with zero attached hydrogens (tertiary/aromatic N) is 1. The van der Waals surface area contributed by atoms with Crippen molar-refractivity contribution in [3.63, 3.8) is 0 Å². The van der Waals surface area contributed by atoms with Crippen LogP contribution in [-0.2, 0) is 26.7 Å². The molecule has 0 aromatic heterocycles. The lowest BCUT2D eigenvalue weighted by molar-refractivity contribution is -0.125. The van der Waals surface area contributed by atoms with Crippen molar-refractivity contribution in [2.24, 2.45) is 0 Å². The second kappa shape index (κ2) is 8.33. The molecule has 2 aromatic carbocycles. The number of piperidine rings is 1. The fraction of sp³-hybridized carbons (Fsp3) is 0.480. The van der Waals surface area contributed by atoms with Gasteiger partial charge in [-0.3, -0.25) is 9.52 Å². The monoisotopic (exact) mass is 470 g/mol. The summed E-state index contributed by atoms with van der Waals surface area (Å²) in [6, 6.07) is 10.1. The lowest BCUT2D eigenvalue weighted by atomic mass is 9.64. The number of benzene rings is 2. The number of anilines is 1. The topological polar surface area (TPSA) is 84.9 Å². The van der Waals surface area contributed by atoms with E-state index in [1.807, 2.05) is 6.07 Å². The van der Waals surface area contributed by atoms with E-state index in [4.69, 9.17) is 9.47 Å². The third kappa shape index (κ3) is 3.89. The van der Waals surface area contributed by atoms with Crippen molar-refractivity contribution in [1.82, 2.24) is 4.90 Å². The average Bonchev–Trinajstić information content (AvgIpc) is 3.07. The summed E-state index contributed by atoms with van der Waals surface area (Å²) in [6.07, 6.45) is 4.86. The summed E-state index contributed by atoms with van der Waals surface area (Å²) in [5, 5.41) is 0. The third-order valence-electron chi connectivity index (χ3n) is 7.37. The van der Waals surface area contributed by atoms with E-state index >= 15 is 0 Å². The first-order chi connectivity index (χ1) is 15.8. The van der Waals surface area contributed by atoms with E-state index in [9.17, 15) is 13.2 Å². The van der Waals surface area contributed by atoms with E-state index in [0.717, 1.165) is 56.3 Å². The molecule has 2 aromatic rings. The molecule has 0 unspecified atom stereocenters. The minimum Gasteiger partial charge on any atom is -0.495 e. The number of sulfonamides is 1. The molecule has 0 bridgehead atoms. The van der Waals surface area contributed by atoms with Gasteiger partial charge in [0.2, 0.25) is 0 Å². The highest BCUT2D eigenvalue weighted by molar-refractivity contribution is 7.92. The highest BCUT2D eigenvalue weighted by Gasteiger charge is 2.51. The lowest BCUT2D eigenvalue weighted by Crippen LogP contribution is -2.39. The van der Waals surface area contributed by atoms with Crippen LogP contribution in [0.15, 0.2) is 41.3 Å². The van der Waals surface area contributed by atoms with Gasteiger partial charge >= 0.3 is 0 Å². The third-order valence-corrected chi connectivity index (χ3v) is 8.79. The van der Waals surface area contributed by atoms with Crippen LogP contribution in [0, 0.1) is 0 Å². The van der Waals surface area contributed by atoms with Gasteiger partial charge in [0.15, 0.2) is 0 Å². The van der Waals surface area contributed by atoms with E-state index in [2.05, 4.69) is 16.7 Å². The number of rotatable bonds is 6. The second-order valence-corrected chi connectivity index (χ2v) is 11.1. The molecular weight excluding hydrogens is 440 g/mol. The van der Waals surface area contributed by atoms with Crippen LogP contribution < -0.4 is 14.2 Å². The SMILES string of the molecule is COc1ccccc1S(=O)(=O)Nc1cc(OC2CCN(C)CC2)c2c(c1)C1(CCC1)C(=O)C2. The summed E-state index contributed by atoms with van der Waals surface area (Å²) in [7, 11) is -0.347. The van der Waals surface area contributed by atoms with Gasteiger partial charge in [0, 0.05) is 31.1 Å². The van der Waals surface area contributed by atoms with Crippen LogP contribution in [-0.4, -0.2) is 52.5 Å². The minimum atomic E-state index is -3.89. The Hall–Kier alpha value is -2.58. The van der Waals surface area contributed by atoms with Gasteiger partial charge in [-0.2, -0.15) is 0 Å². The largest absolute Gasteiger partial charge is 0.495 e. The predicted molar refractivity (Wildman–Crippen MR) is 126 cm³/mol. The van der Waals surface area contributed by atoms with Gasteiger partial charge in [-0.05, 0) is 56.5 Å². The Balaban J connectivity index is 1.52. The smallest absolute Gasteiger partial charge is 0.265 e. The normalized spacial score (nSPS) is 20.4. The van der Waals surface area contributed by atoms with Crippen molar-refractivity contribution in [2.45, 2.75) is 54.9 Å². The molecule has 0 radical (unpaired) electrons. The molecule has 1 heterocycles. The lowest BCUT2D eigenvalue weighted by Gasteiger charge is -2.38.